The summed E-state index contributed by atoms with van der Waals surface area (Å²) in [6.07, 6.45) is 2.89. The molecule has 0 spiro atoms. The van der Waals surface area contributed by atoms with Gasteiger partial charge in [-0.3, -0.25) is 0 Å². The molecule has 0 heterocycles. The largest absolute Gasteiger partial charge is 0.377 e. The van der Waals surface area contributed by atoms with Gasteiger partial charge in [-0.15, -0.1) is 0 Å². The molecule has 2 N–H and O–H groups in total. The Kier molecular flexibility index (Phi) is 7.29. The number of ether oxygens (including phenoxy) is 2. The summed E-state index contributed by atoms with van der Waals surface area (Å²) in [5, 5.41) is 0. The fraction of sp³-hybridized carbons (Fsp3) is 1.00. The third-order valence-corrected chi connectivity index (χ3v) is 3.39. The van der Waals surface area contributed by atoms with Crippen molar-refractivity contribution in [3.05, 3.63) is 0 Å². The Labute approximate surface area is 107 Å². The zero-order valence-electron chi connectivity index (χ0n) is 12.5. The number of rotatable bonds is 9. The summed E-state index contributed by atoms with van der Waals surface area (Å²) in [6.45, 7) is 13.9. The summed E-state index contributed by atoms with van der Waals surface area (Å²) in [6, 6.07) is 0.135. The first-order valence-corrected chi connectivity index (χ1v) is 6.82. The fourth-order valence-corrected chi connectivity index (χ4v) is 1.49. The quantitative estimate of drug-likeness (QED) is 0.679. The van der Waals surface area contributed by atoms with Crippen LogP contribution in [0.1, 0.15) is 60.8 Å². The van der Waals surface area contributed by atoms with Crippen LogP contribution in [-0.4, -0.2) is 30.5 Å². The molecule has 3 nitrogen and oxygen atoms in total. The summed E-state index contributed by atoms with van der Waals surface area (Å²) in [4.78, 5) is 0. The van der Waals surface area contributed by atoms with Gasteiger partial charge in [0.15, 0.2) is 0 Å². The highest BCUT2D eigenvalue weighted by Crippen LogP contribution is 2.26. The highest BCUT2D eigenvalue weighted by Gasteiger charge is 2.31. The van der Waals surface area contributed by atoms with E-state index in [4.69, 9.17) is 15.2 Å². The van der Waals surface area contributed by atoms with Crippen LogP contribution in [0.15, 0.2) is 0 Å². The molecule has 0 saturated carbocycles. The van der Waals surface area contributed by atoms with E-state index < -0.39 is 0 Å². The molecule has 0 rings (SSSR count). The van der Waals surface area contributed by atoms with Gasteiger partial charge in [0.1, 0.15) is 0 Å². The van der Waals surface area contributed by atoms with Crippen LogP contribution in [0.5, 0.6) is 0 Å². The van der Waals surface area contributed by atoms with E-state index in [1.54, 1.807) is 0 Å². The predicted octanol–water partition coefficient (Wildman–Crippen LogP) is 3.11. The molecule has 0 bridgehead atoms. The Morgan fingerprint density at radius 2 is 1.65 bits per heavy atom. The van der Waals surface area contributed by atoms with Crippen molar-refractivity contribution < 1.29 is 9.47 Å². The molecule has 0 aromatic heterocycles. The van der Waals surface area contributed by atoms with E-state index in [-0.39, 0.29) is 17.2 Å². The van der Waals surface area contributed by atoms with Gasteiger partial charge in [-0.05, 0) is 40.0 Å². The van der Waals surface area contributed by atoms with Gasteiger partial charge in [-0.25, -0.2) is 0 Å². The molecule has 2 unspecified atom stereocenters. The lowest BCUT2D eigenvalue weighted by Gasteiger charge is -2.37. The maximum Gasteiger partial charge on any atom is 0.0891 e. The molecular formula is C14H31NO2. The van der Waals surface area contributed by atoms with Gasteiger partial charge in [0, 0.05) is 6.04 Å². The molecule has 0 aromatic rings. The average molecular weight is 245 g/mol. The van der Waals surface area contributed by atoms with E-state index in [2.05, 4.69) is 41.5 Å². The lowest BCUT2D eigenvalue weighted by atomic mass is 10.00. The molecule has 2 atom stereocenters. The summed E-state index contributed by atoms with van der Waals surface area (Å²) in [7, 11) is 0. The second kappa shape index (κ2) is 7.34. The molecule has 0 aliphatic carbocycles. The molecule has 0 saturated heterocycles. The fourth-order valence-electron chi connectivity index (χ4n) is 1.49. The first kappa shape index (κ1) is 16.9. The van der Waals surface area contributed by atoms with Crippen LogP contribution in [0, 0.1) is 0 Å². The van der Waals surface area contributed by atoms with Gasteiger partial charge in [0.25, 0.3) is 0 Å². The maximum absolute atomic E-state index is 6.17. The molecule has 0 aliphatic heterocycles. The molecule has 104 valence electrons. The molecular weight excluding hydrogens is 214 g/mol. The maximum atomic E-state index is 6.17. The molecule has 0 amide bonds. The molecule has 0 radical (unpaired) electrons. The van der Waals surface area contributed by atoms with Crippen molar-refractivity contribution in [3.63, 3.8) is 0 Å². The SMILES string of the molecule is CCC(N)COCC(C)(CC)OC(C)(C)CC. The van der Waals surface area contributed by atoms with Crippen molar-refractivity contribution in [2.75, 3.05) is 13.2 Å². The van der Waals surface area contributed by atoms with E-state index in [1.165, 1.54) is 0 Å². The average Bonchev–Trinajstić information content (AvgIpc) is 2.28. The predicted molar refractivity (Wildman–Crippen MR) is 73.2 cm³/mol. The highest BCUT2D eigenvalue weighted by molar-refractivity contribution is 4.79. The number of hydrogen-bond donors (Lipinski definition) is 1. The van der Waals surface area contributed by atoms with Crippen LogP contribution in [0.2, 0.25) is 0 Å². The highest BCUT2D eigenvalue weighted by atomic mass is 16.6. The zero-order valence-corrected chi connectivity index (χ0v) is 12.5. The van der Waals surface area contributed by atoms with Crippen molar-refractivity contribution in [1.29, 1.82) is 0 Å². The van der Waals surface area contributed by atoms with Crippen LogP contribution >= 0.6 is 0 Å². The van der Waals surface area contributed by atoms with Crippen molar-refractivity contribution in [2.24, 2.45) is 5.73 Å². The van der Waals surface area contributed by atoms with Crippen LogP contribution in [-0.2, 0) is 9.47 Å². The normalized spacial score (nSPS) is 17.8. The minimum absolute atomic E-state index is 0.0962. The third-order valence-electron chi connectivity index (χ3n) is 3.39. The minimum atomic E-state index is -0.215. The van der Waals surface area contributed by atoms with Gasteiger partial charge in [-0.1, -0.05) is 20.8 Å². The van der Waals surface area contributed by atoms with Crippen molar-refractivity contribution in [3.8, 4) is 0 Å². The zero-order chi connectivity index (χ0) is 13.5. The van der Waals surface area contributed by atoms with Crippen LogP contribution < -0.4 is 5.73 Å². The van der Waals surface area contributed by atoms with Crippen molar-refractivity contribution in [1.82, 2.24) is 0 Å². The monoisotopic (exact) mass is 245 g/mol. The Balaban J connectivity index is 4.19. The lowest BCUT2D eigenvalue weighted by Crippen LogP contribution is -2.43. The molecule has 17 heavy (non-hydrogen) atoms. The van der Waals surface area contributed by atoms with E-state index >= 15 is 0 Å². The first-order chi connectivity index (χ1) is 7.78. The van der Waals surface area contributed by atoms with Crippen LogP contribution in [0.25, 0.3) is 0 Å². The van der Waals surface area contributed by atoms with Gasteiger partial charge in [0.05, 0.1) is 24.4 Å². The Hall–Kier alpha value is -0.120. The Morgan fingerprint density at radius 3 is 2.06 bits per heavy atom. The molecule has 0 aromatic carbocycles. The summed E-state index contributed by atoms with van der Waals surface area (Å²) < 4.78 is 11.9. The third kappa shape index (κ3) is 7.02. The van der Waals surface area contributed by atoms with E-state index in [0.29, 0.717) is 13.2 Å². The van der Waals surface area contributed by atoms with Gasteiger partial charge in [-0.2, -0.15) is 0 Å². The van der Waals surface area contributed by atoms with E-state index in [0.717, 1.165) is 19.3 Å². The van der Waals surface area contributed by atoms with E-state index in [1.807, 2.05) is 0 Å². The standard InChI is InChI=1S/C14H31NO2/c1-7-12(15)10-16-11-14(6,9-3)17-13(4,5)8-2/h12H,7-11,15H2,1-6H3. The first-order valence-electron chi connectivity index (χ1n) is 6.82. The number of hydrogen-bond acceptors (Lipinski definition) is 3. The summed E-state index contributed by atoms with van der Waals surface area (Å²) in [5.41, 5.74) is 5.52. The molecule has 0 aliphatic rings. The second-order valence-electron chi connectivity index (χ2n) is 5.70. The topological polar surface area (TPSA) is 44.5 Å². The van der Waals surface area contributed by atoms with Gasteiger partial charge in [0.2, 0.25) is 0 Å². The van der Waals surface area contributed by atoms with Gasteiger partial charge < -0.3 is 15.2 Å². The van der Waals surface area contributed by atoms with Gasteiger partial charge >= 0.3 is 0 Å². The number of nitrogens with two attached hydrogens (primary N) is 1. The Morgan fingerprint density at radius 1 is 1.06 bits per heavy atom. The van der Waals surface area contributed by atoms with Crippen LogP contribution in [0.3, 0.4) is 0 Å². The van der Waals surface area contributed by atoms with E-state index in [9.17, 15) is 0 Å². The van der Waals surface area contributed by atoms with Crippen LogP contribution in [0.4, 0.5) is 0 Å². The Bertz CT molecular complexity index is 206. The van der Waals surface area contributed by atoms with Crippen molar-refractivity contribution in [2.45, 2.75) is 78.0 Å². The molecule has 3 heteroatoms. The summed E-state index contributed by atoms with van der Waals surface area (Å²) in [5.74, 6) is 0. The van der Waals surface area contributed by atoms with Crippen molar-refractivity contribution >= 4 is 0 Å². The lowest BCUT2D eigenvalue weighted by molar-refractivity contribution is -0.163. The summed E-state index contributed by atoms with van der Waals surface area (Å²) >= 11 is 0. The smallest absolute Gasteiger partial charge is 0.0891 e. The minimum Gasteiger partial charge on any atom is -0.377 e. The second-order valence-corrected chi connectivity index (χ2v) is 5.70. The molecule has 0 fully saturated rings.